The Kier molecular flexibility index (Phi) is 7.20. The van der Waals surface area contributed by atoms with Crippen molar-refractivity contribution in [2.75, 3.05) is 38.7 Å². The molecule has 2 aromatic heterocycles. The standard InChI is InChI=1S/C25H27ClFN5O4/c1-35-14-2-3-19-16(8-14)15(4-6-28-19)22(33)12-32-7-5-20(18(27)11-32)29-10-21-17(26)9-23-25(30-21)31-24(34)13-36-23/h2-4,6,8-9,18,20,22,29,33H,5,7,10-13H2,1H3,(H,30,31,34)/t18-,20+,22+/m1/s1. The van der Waals surface area contributed by atoms with Crippen LogP contribution in [-0.2, 0) is 11.3 Å². The molecule has 36 heavy (non-hydrogen) atoms. The van der Waals surface area contributed by atoms with Gasteiger partial charge in [0.2, 0.25) is 0 Å². The molecule has 1 aromatic carbocycles. The Balaban J connectivity index is 1.19. The number of nitrogens with zero attached hydrogens (tertiary/aromatic N) is 3. The van der Waals surface area contributed by atoms with E-state index in [0.717, 1.165) is 16.5 Å². The van der Waals surface area contributed by atoms with Gasteiger partial charge in [0, 0.05) is 43.3 Å². The van der Waals surface area contributed by atoms with Crippen LogP contribution in [0.15, 0.2) is 36.5 Å². The van der Waals surface area contributed by atoms with E-state index in [1.807, 2.05) is 23.1 Å². The number of hydrogen-bond donors (Lipinski definition) is 3. The smallest absolute Gasteiger partial charge is 0.263 e. The number of anilines is 1. The minimum Gasteiger partial charge on any atom is -0.497 e. The monoisotopic (exact) mass is 515 g/mol. The Hall–Kier alpha value is -3.05. The van der Waals surface area contributed by atoms with Crippen LogP contribution >= 0.6 is 11.6 Å². The van der Waals surface area contributed by atoms with Crippen LogP contribution < -0.4 is 20.1 Å². The van der Waals surface area contributed by atoms with Crippen molar-refractivity contribution < 1.29 is 23.8 Å². The number of piperidine rings is 1. The van der Waals surface area contributed by atoms with Crippen molar-refractivity contribution >= 4 is 34.2 Å². The van der Waals surface area contributed by atoms with E-state index in [4.69, 9.17) is 21.1 Å². The number of carbonyl (C=O) groups excluding carboxylic acids is 1. The maximum atomic E-state index is 15.1. The number of benzene rings is 1. The summed E-state index contributed by atoms with van der Waals surface area (Å²) in [5, 5.41) is 18.0. The molecule has 2 aliphatic rings. The maximum absolute atomic E-state index is 15.1. The van der Waals surface area contributed by atoms with Gasteiger partial charge in [-0.1, -0.05) is 11.6 Å². The second-order valence-corrected chi connectivity index (χ2v) is 9.36. The normalized spacial score (nSPS) is 20.9. The molecule has 5 rings (SSSR count). The molecule has 11 heteroatoms. The van der Waals surface area contributed by atoms with Crippen molar-refractivity contribution in [3.8, 4) is 11.5 Å². The SMILES string of the molecule is COc1ccc2nccc([C@@H](O)CN3CC[C@H](NCc4nc5c(cc4Cl)OCC(=O)N5)[C@H](F)C3)c2c1. The van der Waals surface area contributed by atoms with E-state index in [2.05, 4.69) is 20.6 Å². The van der Waals surface area contributed by atoms with Crippen LogP contribution in [0.25, 0.3) is 10.9 Å². The van der Waals surface area contributed by atoms with Gasteiger partial charge < -0.3 is 25.2 Å². The number of halogens is 2. The summed E-state index contributed by atoms with van der Waals surface area (Å²) in [7, 11) is 1.59. The van der Waals surface area contributed by atoms with E-state index in [1.54, 1.807) is 25.4 Å². The largest absolute Gasteiger partial charge is 0.497 e. The van der Waals surface area contributed by atoms with E-state index < -0.39 is 12.3 Å². The highest BCUT2D eigenvalue weighted by Gasteiger charge is 2.31. The van der Waals surface area contributed by atoms with E-state index in [9.17, 15) is 9.90 Å². The lowest BCUT2D eigenvalue weighted by atomic mass is 10.00. The molecule has 1 fully saturated rings. The number of amides is 1. The number of rotatable bonds is 7. The van der Waals surface area contributed by atoms with E-state index in [1.165, 1.54) is 0 Å². The van der Waals surface area contributed by atoms with Crippen LogP contribution in [0.2, 0.25) is 5.02 Å². The van der Waals surface area contributed by atoms with Gasteiger partial charge in [0.1, 0.15) is 11.9 Å². The fourth-order valence-corrected chi connectivity index (χ4v) is 4.85. The van der Waals surface area contributed by atoms with Gasteiger partial charge in [0.15, 0.2) is 18.2 Å². The predicted molar refractivity (Wildman–Crippen MR) is 133 cm³/mol. The van der Waals surface area contributed by atoms with Crippen molar-refractivity contribution in [2.24, 2.45) is 0 Å². The molecule has 1 amide bonds. The van der Waals surface area contributed by atoms with E-state index in [-0.39, 0.29) is 31.6 Å². The van der Waals surface area contributed by atoms with E-state index in [0.29, 0.717) is 47.5 Å². The first-order valence-electron chi connectivity index (χ1n) is 11.7. The zero-order valence-corrected chi connectivity index (χ0v) is 20.5. The molecule has 0 aliphatic carbocycles. The van der Waals surface area contributed by atoms with Crippen LogP contribution in [0.1, 0.15) is 23.8 Å². The molecule has 3 atom stereocenters. The van der Waals surface area contributed by atoms with Gasteiger partial charge in [-0.05, 0) is 42.8 Å². The van der Waals surface area contributed by atoms with Gasteiger partial charge in [-0.2, -0.15) is 0 Å². The first kappa shape index (κ1) is 24.6. The summed E-state index contributed by atoms with van der Waals surface area (Å²) in [5.41, 5.74) is 2.00. The molecule has 0 unspecified atom stereocenters. The van der Waals surface area contributed by atoms with Gasteiger partial charge in [-0.15, -0.1) is 0 Å². The molecule has 9 nitrogen and oxygen atoms in total. The van der Waals surface area contributed by atoms with Crippen LogP contribution in [-0.4, -0.2) is 71.4 Å². The minimum absolute atomic E-state index is 0.0784. The van der Waals surface area contributed by atoms with E-state index >= 15 is 4.39 Å². The average Bonchev–Trinajstić information content (AvgIpc) is 2.87. The quantitative estimate of drug-likeness (QED) is 0.441. The Morgan fingerprint density at radius 1 is 1.39 bits per heavy atom. The summed E-state index contributed by atoms with van der Waals surface area (Å²) in [4.78, 5) is 22.2. The number of aromatic nitrogens is 2. The molecular formula is C25H27ClFN5O4. The number of aliphatic hydroxyl groups is 1. The summed E-state index contributed by atoms with van der Waals surface area (Å²) in [5.74, 6) is 1.13. The van der Waals surface area contributed by atoms with Crippen molar-refractivity contribution in [1.29, 1.82) is 0 Å². The number of likely N-dealkylation sites (tertiary alicyclic amines) is 1. The highest BCUT2D eigenvalue weighted by Crippen LogP contribution is 2.31. The molecule has 3 N–H and O–H groups in total. The molecule has 0 bridgehead atoms. The third kappa shape index (κ3) is 5.22. The number of pyridine rings is 2. The van der Waals surface area contributed by atoms with Gasteiger partial charge in [-0.25, -0.2) is 9.37 Å². The van der Waals surface area contributed by atoms with Crippen molar-refractivity contribution in [3.63, 3.8) is 0 Å². The molecule has 0 saturated carbocycles. The fourth-order valence-electron chi connectivity index (χ4n) is 4.64. The number of fused-ring (bicyclic) bond motifs is 2. The lowest BCUT2D eigenvalue weighted by molar-refractivity contribution is -0.118. The first-order valence-corrected chi connectivity index (χ1v) is 12.1. The highest BCUT2D eigenvalue weighted by atomic mass is 35.5. The third-order valence-electron chi connectivity index (χ3n) is 6.56. The average molecular weight is 516 g/mol. The van der Waals surface area contributed by atoms with Crippen molar-refractivity contribution in [3.05, 3.63) is 52.8 Å². The Morgan fingerprint density at radius 3 is 3.06 bits per heavy atom. The van der Waals surface area contributed by atoms with Gasteiger partial charge in [-0.3, -0.25) is 14.7 Å². The van der Waals surface area contributed by atoms with Crippen molar-refractivity contribution in [2.45, 2.75) is 31.3 Å². The second-order valence-electron chi connectivity index (χ2n) is 8.95. The van der Waals surface area contributed by atoms with Crippen LogP contribution in [0.5, 0.6) is 11.5 Å². The minimum atomic E-state index is -1.14. The number of methoxy groups -OCH3 is 1. The molecule has 0 spiro atoms. The van der Waals surface area contributed by atoms with Crippen LogP contribution in [0, 0.1) is 0 Å². The number of carbonyl (C=O) groups is 1. The van der Waals surface area contributed by atoms with Gasteiger partial charge in [0.05, 0.1) is 29.4 Å². The van der Waals surface area contributed by atoms with Crippen LogP contribution in [0.4, 0.5) is 10.2 Å². The summed E-state index contributed by atoms with van der Waals surface area (Å²) >= 11 is 6.31. The number of ether oxygens (including phenoxy) is 2. The number of aliphatic hydroxyl groups excluding tert-OH is 1. The zero-order valence-electron chi connectivity index (χ0n) is 19.7. The topological polar surface area (TPSA) is 109 Å². The third-order valence-corrected chi connectivity index (χ3v) is 6.89. The summed E-state index contributed by atoms with van der Waals surface area (Å²) in [6.07, 6.45) is 0.287. The second kappa shape index (κ2) is 10.5. The van der Waals surface area contributed by atoms with Gasteiger partial charge in [0.25, 0.3) is 5.91 Å². The summed E-state index contributed by atoms with van der Waals surface area (Å²) in [6.45, 7) is 1.29. The summed E-state index contributed by atoms with van der Waals surface area (Å²) < 4.78 is 25.7. The number of alkyl halides is 1. The summed E-state index contributed by atoms with van der Waals surface area (Å²) in [6, 6.07) is 8.54. The molecule has 2 aliphatic heterocycles. The molecule has 4 heterocycles. The Bertz CT molecular complexity index is 1280. The Morgan fingerprint density at radius 2 is 2.25 bits per heavy atom. The maximum Gasteiger partial charge on any atom is 0.263 e. The molecule has 3 aromatic rings. The van der Waals surface area contributed by atoms with Crippen LogP contribution in [0.3, 0.4) is 0 Å². The number of hydrogen-bond acceptors (Lipinski definition) is 8. The van der Waals surface area contributed by atoms with Crippen molar-refractivity contribution in [1.82, 2.24) is 20.2 Å². The lowest BCUT2D eigenvalue weighted by Crippen LogP contribution is -2.51. The zero-order chi connectivity index (χ0) is 25.2. The highest BCUT2D eigenvalue weighted by molar-refractivity contribution is 6.31. The number of β-amino-alcohol motifs (C(OH)–C–C–N with tert-alkyl or cyclic N) is 1. The molecular weight excluding hydrogens is 489 g/mol. The first-order chi connectivity index (χ1) is 17.4. The molecule has 0 radical (unpaired) electrons. The molecule has 1 saturated heterocycles. The predicted octanol–water partition coefficient (Wildman–Crippen LogP) is 2.86. The lowest BCUT2D eigenvalue weighted by Gasteiger charge is -2.36. The molecule has 190 valence electrons. The fraction of sp³-hybridized carbons (Fsp3) is 0.400. The van der Waals surface area contributed by atoms with Gasteiger partial charge >= 0.3 is 0 Å². The number of nitrogens with one attached hydrogen (secondary N) is 2. The Labute approximate surface area is 212 Å².